The highest BCUT2D eigenvalue weighted by Crippen LogP contribution is 2.07. The molecule has 7 heteroatoms. The minimum absolute atomic E-state index is 0.166. The zero-order valence-electron chi connectivity index (χ0n) is 12.1. The van der Waals surface area contributed by atoms with Crippen LogP contribution in [-0.4, -0.2) is 32.7 Å². The molecule has 1 atom stereocenters. The van der Waals surface area contributed by atoms with Crippen LogP contribution in [0.5, 0.6) is 5.75 Å². The van der Waals surface area contributed by atoms with Gasteiger partial charge in [-0.1, -0.05) is 19.8 Å². The molecule has 0 saturated carbocycles. The van der Waals surface area contributed by atoms with Gasteiger partial charge < -0.3 is 20.1 Å². The Balaban J connectivity index is 2.77. The molecule has 0 aromatic carbocycles. The third-order valence-electron chi connectivity index (χ3n) is 3.10. The van der Waals surface area contributed by atoms with E-state index in [-0.39, 0.29) is 12.3 Å². The van der Waals surface area contributed by atoms with Crippen molar-refractivity contribution in [1.29, 1.82) is 0 Å². The summed E-state index contributed by atoms with van der Waals surface area (Å²) in [7, 11) is 0. The summed E-state index contributed by atoms with van der Waals surface area (Å²) in [4.78, 5) is 34.6. The summed E-state index contributed by atoms with van der Waals surface area (Å²) in [5.74, 6) is -1.80. The van der Waals surface area contributed by atoms with Gasteiger partial charge in [0, 0.05) is 11.8 Å². The molecule has 1 rings (SSSR count). The first-order chi connectivity index (χ1) is 9.85. The number of unbranched alkanes of at least 4 members (excludes halogenated alkanes) is 1. The maximum atomic E-state index is 11.9. The van der Waals surface area contributed by atoms with Crippen molar-refractivity contribution in [3.63, 3.8) is 0 Å². The SMILES string of the molecule is CCCCC(NC(=O)Cn1c(C)cc(O)cc1=O)C(=O)O. The van der Waals surface area contributed by atoms with E-state index < -0.39 is 23.5 Å². The fourth-order valence-corrected chi connectivity index (χ4v) is 1.96. The topological polar surface area (TPSA) is 109 Å². The van der Waals surface area contributed by atoms with Crippen LogP contribution in [0.15, 0.2) is 16.9 Å². The Kier molecular flexibility index (Phi) is 5.95. The van der Waals surface area contributed by atoms with Gasteiger partial charge >= 0.3 is 5.97 Å². The fourth-order valence-electron chi connectivity index (χ4n) is 1.96. The van der Waals surface area contributed by atoms with Crippen molar-refractivity contribution in [1.82, 2.24) is 9.88 Å². The first kappa shape index (κ1) is 16.7. The number of carbonyl (C=O) groups excluding carboxylic acids is 1. The van der Waals surface area contributed by atoms with Gasteiger partial charge in [-0.15, -0.1) is 0 Å². The Morgan fingerprint density at radius 3 is 2.57 bits per heavy atom. The molecule has 1 amide bonds. The summed E-state index contributed by atoms with van der Waals surface area (Å²) >= 11 is 0. The summed E-state index contributed by atoms with van der Waals surface area (Å²) in [6.45, 7) is 3.24. The second-order valence-corrected chi connectivity index (χ2v) is 4.88. The van der Waals surface area contributed by atoms with Crippen molar-refractivity contribution in [2.24, 2.45) is 0 Å². The quantitative estimate of drug-likeness (QED) is 0.683. The first-order valence-corrected chi connectivity index (χ1v) is 6.77. The number of carboxylic acids is 1. The van der Waals surface area contributed by atoms with Gasteiger partial charge in [-0.2, -0.15) is 0 Å². The van der Waals surface area contributed by atoms with Crippen LogP contribution in [-0.2, 0) is 16.1 Å². The smallest absolute Gasteiger partial charge is 0.326 e. The van der Waals surface area contributed by atoms with Gasteiger partial charge in [0.05, 0.1) is 0 Å². The summed E-state index contributed by atoms with van der Waals surface area (Å²) in [5.41, 5.74) is -0.0846. The number of pyridine rings is 1. The molecule has 0 aliphatic carbocycles. The third kappa shape index (κ3) is 4.94. The van der Waals surface area contributed by atoms with E-state index in [2.05, 4.69) is 5.32 Å². The van der Waals surface area contributed by atoms with Crippen molar-refractivity contribution in [3.8, 4) is 5.75 Å². The minimum atomic E-state index is -1.09. The highest BCUT2D eigenvalue weighted by atomic mass is 16.4. The molecule has 0 saturated heterocycles. The first-order valence-electron chi connectivity index (χ1n) is 6.77. The molecule has 0 aliphatic rings. The average Bonchev–Trinajstić information content (AvgIpc) is 2.38. The lowest BCUT2D eigenvalue weighted by atomic mass is 10.1. The number of aliphatic carboxylic acids is 1. The fraction of sp³-hybridized carbons (Fsp3) is 0.500. The van der Waals surface area contributed by atoms with E-state index in [1.165, 1.54) is 10.6 Å². The van der Waals surface area contributed by atoms with Crippen LogP contribution >= 0.6 is 0 Å². The highest BCUT2D eigenvalue weighted by molar-refractivity contribution is 5.83. The van der Waals surface area contributed by atoms with Gasteiger partial charge in [0.1, 0.15) is 18.3 Å². The maximum absolute atomic E-state index is 11.9. The summed E-state index contributed by atoms with van der Waals surface area (Å²) < 4.78 is 1.17. The average molecular weight is 296 g/mol. The van der Waals surface area contributed by atoms with Crippen LogP contribution in [0.3, 0.4) is 0 Å². The van der Waals surface area contributed by atoms with Crippen LogP contribution in [0.25, 0.3) is 0 Å². The lowest BCUT2D eigenvalue weighted by Gasteiger charge is -2.15. The lowest BCUT2D eigenvalue weighted by Crippen LogP contribution is -2.43. The van der Waals surface area contributed by atoms with E-state index in [4.69, 9.17) is 5.11 Å². The number of aryl methyl sites for hydroxylation is 1. The van der Waals surface area contributed by atoms with Crippen molar-refractivity contribution >= 4 is 11.9 Å². The van der Waals surface area contributed by atoms with Gasteiger partial charge in [0.15, 0.2) is 0 Å². The predicted octanol–water partition coefficient (Wildman–Crippen LogP) is 0.622. The van der Waals surface area contributed by atoms with E-state index >= 15 is 0 Å². The molecule has 7 nitrogen and oxygen atoms in total. The summed E-state index contributed by atoms with van der Waals surface area (Å²) in [5, 5.41) is 20.7. The molecule has 0 aliphatic heterocycles. The van der Waals surface area contributed by atoms with E-state index in [0.29, 0.717) is 18.5 Å². The lowest BCUT2D eigenvalue weighted by molar-refractivity contribution is -0.142. The van der Waals surface area contributed by atoms with Crippen molar-refractivity contribution in [3.05, 3.63) is 28.2 Å². The van der Waals surface area contributed by atoms with E-state index in [0.717, 1.165) is 12.5 Å². The van der Waals surface area contributed by atoms with Crippen LogP contribution in [0, 0.1) is 6.92 Å². The van der Waals surface area contributed by atoms with Crippen LogP contribution < -0.4 is 10.9 Å². The highest BCUT2D eigenvalue weighted by Gasteiger charge is 2.19. The Bertz CT molecular complexity index is 579. The number of nitrogens with one attached hydrogen (secondary N) is 1. The molecule has 1 aromatic rings. The number of hydrogen-bond acceptors (Lipinski definition) is 4. The largest absolute Gasteiger partial charge is 0.508 e. The number of amides is 1. The zero-order valence-corrected chi connectivity index (χ0v) is 12.1. The number of nitrogens with zero attached hydrogens (tertiary/aromatic N) is 1. The Morgan fingerprint density at radius 2 is 2.05 bits per heavy atom. The number of hydrogen-bond donors (Lipinski definition) is 3. The number of carbonyl (C=O) groups is 2. The second kappa shape index (κ2) is 7.47. The Labute approximate surface area is 122 Å². The van der Waals surface area contributed by atoms with E-state index in [9.17, 15) is 19.5 Å². The Morgan fingerprint density at radius 1 is 1.38 bits per heavy atom. The standard InChI is InChI=1S/C14H20N2O5/c1-3-4-5-11(14(20)21)15-12(18)8-16-9(2)6-10(17)7-13(16)19/h6-7,11,17H,3-5,8H2,1-2H3,(H,15,18)(H,20,21). The van der Waals surface area contributed by atoms with Gasteiger partial charge in [-0.25, -0.2) is 4.79 Å². The number of aromatic hydroxyl groups is 1. The van der Waals surface area contributed by atoms with E-state index in [1.54, 1.807) is 6.92 Å². The van der Waals surface area contributed by atoms with Crippen molar-refractivity contribution < 1.29 is 19.8 Å². The number of rotatable bonds is 7. The molecule has 0 spiro atoms. The van der Waals surface area contributed by atoms with Crippen molar-refractivity contribution in [2.45, 2.75) is 45.7 Å². The van der Waals surface area contributed by atoms with Gasteiger partial charge in [0.2, 0.25) is 5.91 Å². The maximum Gasteiger partial charge on any atom is 0.326 e. The molecule has 0 bridgehead atoms. The molecule has 0 radical (unpaired) electrons. The summed E-state index contributed by atoms with van der Waals surface area (Å²) in [6.07, 6.45) is 1.87. The molecule has 3 N–H and O–H groups in total. The molecule has 116 valence electrons. The zero-order chi connectivity index (χ0) is 16.0. The third-order valence-corrected chi connectivity index (χ3v) is 3.10. The molecule has 1 heterocycles. The number of carboxylic acid groups (broad SMARTS) is 1. The van der Waals surface area contributed by atoms with Gasteiger partial charge in [0.25, 0.3) is 5.56 Å². The number of aromatic nitrogens is 1. The second-order valence-electron chi connectivity index (χ2n) is 4.88. The minimum Gasteiger partial charge on any atom is -0.508 e. The molecule has 21 heavy (non-hydrogen) atoms. The van der Waals surface area contributed by atoms with Crippen LogP contribution in [0.2, 0.25) is 0 Å². The van der Waals surface area contributed by atoms with Gasteiger partial charge in [-0.3, -0.25) is 9.59 Å². The molecular formula is C14H20N2O5. The predicted molar refractivity (Wildman–Crippen MR) is 76.2 cm³/mol. The normalized spacial score (nSPS) is 11.9. The molecule has 1 aromatic heterocycles. The van der Waals surface area contributed by atoms with Gasteiger partial charge in [-0.05, 0) is 19.4 Å². The monoisotopic (exact) mass is 296 g/mol. The molecule has 1 unspecified atom stereocenters. The Hall–Kier alpha value is -2.31. The molecular weight excluding hydrogens is 276 g/mol. The van der Waals surface area contributed by atoms with E-state index in [1.807, 2.05) is 6.92 Å². The van der Waals surface area contributed by atoms with Crippen LogP contribution in [0.4, 0.5) is 0 Å². The summed E-state index contributed by atoms with van der Waals surface area (Å²) in [6, 6.07) is 1.41. The van der Waals surface area contributed by atoms with Crippen LogP contribution in [0.1, 0.15) is 31.9 Å². The molecule has 0 fully saturated rings. The van der Waals surface area contributed by atoms with Crippen molar-refractivity contribution in [2.75, 3.05) is 0 Å².